The number of nitrogens with one attached hydrogen (secondary N) is 1. The monoisotopic (exact) mass is 428 g/mol. The lowest BCUT2D eigenvalue weighted by Gasteiger charge is -2.29. The van der Waals surface area contributed by atoms with Crippen LogP contribution in [0.1, 0.15) is 38.3 Å². The van der Waals surface area contributed by atoms with E-state index in [0.29, 0.717) is 18.7 Å². The van der Waals surface area contributed by atoms with Crippen molar-refractivity contribution in [1.82, 2.24) is 10.2 Å². The quantitative estimate of drug-likeness (QED) is 0.569. The summed E-state index contributed by atoms with van der Waals surface area (Å²) >= 11 is 1.65. The highest BCUT2D eigenvalue weighted by molar-refractivity contribution is 7.99. The van der Waals surface area contributed by atoms with Gasteiger partial charge in [0.2, 0.25) is 11.8 Å². The first kappa shape index (κ1) is 23.8. The van der Waals surface area contributed by atoms with E-state index in [1.807, 2.05) is 38.1 Å². The molecule has 0 saturated carbocycles. The highest BCUT2D eigenvalue weighted by Gasteiger charge is 2.26. The fourth-order valence-electron chi connectivity index (χ4n) is 2.99. The highest BCUT2D eigenvalue weighted by Crippen LogP contribution is 2.21. The summed E-state index contributed by atoms with van der Waals surface area (Å²) in [6, 6.07) is 15.3. The van der Waals surface area contributed by atoms with Gasteiger partial charge in [0, 0.05) is 29.7 Å². The lowest BCUT2D eigenvalue weighted by Crippen LogP contribution is -2.49. The minimum atomic E-state index is -0.560. The van der Waals surface area contributed by atoms with Gasteiger partial charge in [-0.3, -0.25) is 9.59 Å². The summed E-state index contributed by atoms with van der Waals surface area (Å²) in [5, 5.41) is 2.91. The number of amides is 2. The van der Waals surface area contributed by atoms with Crippen LogP contribution in [0.15, 0.2) is 53.4 Å². The van der Waals surface area contributed by atoms with Gasteiger partial charge in [-0.15, -0.1) is 11.8 Å². The Labute approximate surface area is 184 Å². The molecular formula is C24H32N2O3S. The molecule has 0 saturated heterocycles. The standard InChI is InChI=1S/C24H32N2O3S/c1-17(2)25-24(28)19(4)26(16-20-7-6-8-21(15-20)29-5)23(27)13-14-30-22-11-9-18(3)10-12-22/h6-12,15,17,19H,13-14,16H2,1-5H3,(H,25,28)/t19-/m0/s1. The van der Waals surface area contributed by atoms with Crippen molar-refractivity contribution in [1.29, 1.82) is 0 Å². The van der Waals surface area contributed by atoms with Crippen molar-refractivity contribution in [2.24, 2.45) is 0 Å². The minimum absolute atomic E-state index is 0.0193. The second-order valence-electron chi connectivity index (χ2n) is 7.62. The van der Waals surface area contributed by atoms with Gasteiger partial charge in [-0.25, -0.2) is 0 Å². The summed E-state index contributed by atoms with van der Waals surface area (Å²) in [6.45, 7) is 8.02. The van der Waals surface area contributed by atoms with Crippen LogP contribution in [-0.4, -0.2) is 41.7 Å². The summed E-state index contributed by atoms with van der Waals surface area (Å²) in [5.74, 6) is 1.21. The van der Waals surface area contributed by atoms with Crippen molar-refractivity contribution < 1.29 is 14.3 Å². The van der Waals surface area contributed by atoms with Gasteiger partial charge in [-0.05, 0) is 57.5 Å². The summed E-state index contributed by atoms with van der Waals surface area (Å²) in [7, 11) is 1.61. The molecule has 0 aliphatic carbocycles. The first-order valence-electron chi connectivity index (χ1n) is 10.2. The van der Waals surface area contributed by atoms with Crippen molar-refractivity contribution in [3.63, 3.8) is 0 Å². The van der Waals surface area contributed by atoms with Crippen molar-refractivity contribution in [2.75, 3.05) is 12.9 Å². The van der Waals surface area contributed by atoms with E-state index in [1.165, 1.54) is 5.56 Å². The van der Waals surface area contributed by atoms with Crippen LogP contribution in [0.3, 0.4) is 0 Å². The largest absolute Gasteiger partial charge is 0.497 e. The Morgan fingerprint density at radius 1 is 1.10 bits per heavy atom. The van der Waals surface area contributed by atoms with Crippen molar-refractivity contribution in [3.05, 3.63) is 59.7 Å². The molecule has 0 aliphatic heterocycles. The number of aryl methyl sites for hydroxylation is 1. The zero-order valence-corrected chi connectivity index (χ0v) is 19.3. The van der Waals surface area contributed by atoms with Crippen LogP contribution >= 0.6 is 11.8 Å². The number of nitrogens with zero attached hydrogens (tertiary/aromatic N) is 1. The molecule has 2 rings (SSSR count). The molecule has 1 atom stereocenters. The average molecular weight is 429 g/mol. The maximum Gasteiger partial charge on any atom is 0.242 e. The number of carbonyl (C=O) groups is 2. The molecule has 6 heteroatoms. The molecule has 1 N–H and O–H groups in total. The molecule has 2 aromatic carbocycles. The normalized spacial score (nSPS) is 11.8. The molecule has 0 heterocycles. The topological polar surface area (TPSA) is 58.6 Å². The number of hydrogen-bond donors (Lipinski definition) is 1. The molecule has 0 aliphatic rings. The molecule has 0 unspecified atom stereocenters. The molecule has 2 aromatic rings. The molecule has 0 spiro atoms. The van der Waals surface area contributed by atoms with Crippen LogP contribution in [0.25, 0.3) is 0 Å². The van der Waals surface area contributed by atoms with Gasteiger partial charge in [-0.2, -0.15) is 0 Å². The number of methoxy groups -OCH3 is 1. The first-order chi connectivity index (χ1) is 14.3. The van der Waals surface area contributed by atoms with Crippen molar-refractivity contribution >= 4 is 23.6 Å². The lowest BCUT2D eigenvalue weighted by atomic mass is 10.1. The molecule has 0 radical (unpaired) electrons. The molecule has 0 fully saturated rings. The Hall–Kier alpha value is -2.47. The van der Waals surface area contributed by atoms with E-state index in [2.05, 4.69) is 36.5 Å². The smallest absolute Gasteiger partial charge is 0.242 e. The van der Waals surface area contributed by atoms with E-state index in [9.17, 15) is 9.59 Å². The van der Waals surface area contributed by atoms with Gasteiger partial charge in [0.25, 0.3) is 0 Å². The maximum atomic E-state index is 13.1. The Kier molecular flexibility index (Phi) is 9.24. The number of benzene rings is 2. The molecule has 30 heavy (non-hydrogen) atoms. The number of thioether (sulfide) groups is 1. The number of rotatable bonds is 10. The predicted molar refractivity (Wildman–Crippen MR) is 123 cm³/mol. The predicted octanol–water partition coefficient (Wildman–Crippen LogP) is 4.43. The van der Waals surface area contributed by atoms with E-state index in [4.69, 9.17) is 4.74 Å². The zero-order valence-electron chi connectivity index (χ0n) is 18.5. The van der Waals surface area contributed by atoms with Crippen molar-refractivity contribution in [3.8, 4) is 5.75 Å². The van der Waals surface area contributed by atoms with Crippen LogP contribution < -0.4 is 10.1 Å². The SMILES string of the molecule is COc1cccc(CN(C(=O)CCSc2ccc(C)cc2)[C@@H](C)C(=O)NC(C)C)c1. The second kappa shape index (κ2) is 11.6. The van der Waals surface area contributed by atoms with Gasteiger partial charge in [0.1, 0.15) is 11.8 Å². The fraction of sp³-hybridized carbons (Fsp3) is 0.417. The third-order valence-electron chi connectivity index (χ3n) is 4.69. The van der Waals surface area contributed by atoms with Gasteiger partial charge in [0.05, 0.1) is 7.11 Å². The summed E-state index contributed by atoms with van der Waals surface area (Å²) in [4.78, 5) is 28.5. The Balaban J connectivity index is 2.08. The number of ether oxygens (including phenoxy) is 1. The van der Waals surface area contributed by atoms with Gasteiger partial charge in [-0.1, -0.05) is 29.8 Å². The Morgan fingerprint density at radius 3 is 2.43 bits per heavy atom. The van der Waals surface area contributed by atoms with Gasteiger partial charge >= 0.3 is 0 Å². The van der Waals surface area contributed by atoms with Crippen LogP contribution in [0.5, 0.6) is 5.75 Å². The van der Waals surface area contributed by atoms with E-state index < -0.39 is 6.04 Å². The molecule has 0 bridgehead atoms. The van der Waals surface area contributed by atoms with Crippen LogP contribution in [-0.2, 0) is 16.1 Å². The van der Waals surface area contributed by atoms with Crippen LogP contribution in [0.2, 0.25) is 0 Å². The highest BCUT2D eigenvalue weighted by atomic mass is 32.2. The Morgan fingerprint density at radius 2 is 1.80 bits per heavy atom. The third-order valence-corrected chi connectivity index (χ3v) is 5.70. The van der Waals surface area contributed by atoms with E-state index in [-0.39, 0.29) is 17.9 Å². The summed E-state index contributed by atoms with van der Waals surface area (Å²) in [5.41, 5.74) is 2.14. The maximum absolute atomic E-state index is 13.1. The molecule has 2 amide bonds. The fourth-order valence-corrected chi connectivity index (χ4v) is 3.83. The average Bonchev–Trinajstić information content (AvgIpc) is 2.72. The lowest BCUT2D eigenvalue weighted by molar-refractivity contribution is -0.140. The summed E-state index contributed by atoms with van der Waals surface area (Å²) < 4.78 is 5.29. The number of carbonyl (C=O) groups excluding carboxylic acids is 2. The molecule has 162 valence electrons. The van der Waals surface area contributed by atoms with Gasteiger partial charge in [0.15, 0.2) is 0 Å². The number of hydrogen-bond acceptors (Lipinski definition) is 4. The van der Waals surface area contributed by atoms with Crippen LogP contribution in [0.4, 0.5) is 0 Å². The zero-order chi connectivity index (χ0) is 22.1. The summed E-state index contributed by atoms with van der Waals surface area (Å²) in [6.07, 6.45) is 0.363. The minimum Gasteiger partial charge on any atom is -0.497 e. The van der Waals surface area contributed by atoms with Gasteiger partial charge < -0.3 is 15.0 Å². The van der Waals surface area contributed by atoms with E-state index in [1.54, 1.807) is 30.7 Å². The van der Waals surface area contributed by atoms with E-state index in [0.717, 1.165) is 16.2 Å². The van der Waals surface area contributed by atoms with E-state index >= 15 is 0 Å². The molecule has 5 nitrogen and oxygen atoms in total. The molecule has 0 aromatic heterocycles. The van der Waals surface area contributed by atoms with Crippen molar-refractivity contribution in [2.45, 2.75) is 57.6 Å². The second-order valence-corrected chi connectivity index (χ2v) is 8.79. The molecular weight excluding hydrogens is 396 g/mol. The Bertz CT molecular complexity index is 837. The van der Waals surface area contributed by atoms with Crippen LogP contribution in [0, 0.1) is 6.92 Å². The first-order valence-corrected chi connectivity index (χ1v) is 11.2. The third kappa shape index (κ3) is 7.41.